The van der Waals surface area contributed by atoms with E-state index in [1.165, 1.54) is 0 Å². The molecule has 10 heteroatoms. The number of rotatable bonds is 6. The maximum Gasteiger partial charge on any atom is 0.534 e. The Morgan fingerprint density at radius 3 is 2.31 bits per heavy atom. The maximum atomic E-state index is 12.5. The summed E-state index contributed by atoms with van der Waals surface area (Å²) in [5.41, 5.74) is -5.79. The van der Waals surface area contributed by atoms with Crippen molar-refractivity contribution < 1.29 is 40.1 Å². The van der Waals surface area contributed by atoms with Crippen LogP contribution in [-0.4, -0.2) is 26.2 Å². The molecule has 0 aliphatic carbocycles. The van der Waals surface area contributed by atoms with Crippen LogP contribution in [0.1, 0.15) is 26.3 Å². The Labute approximate surface area is 146 Å². The molecular weight excluding hydrogens is 377 g/mol. The van der Waals surface area contributed by atoms with E-state index in [9.17, 15) is 31.2 Å². The van der Waals surface area contributed by atoms with Crippen molar-refractivity contribution >= 4 is 22.4 Å². The molecule has 0 bridgehead atoms. The van der Waals surface area contributed by atoms with Crippen LogP contribution in [0.2, 0.25) is 0 Å². The molecule has 6 nitrogen and oxygen atoms in total. The van der Waals surface area contributed by atoms with E-state index in [2.05, 4.69) is 4.18 Å². The molecule has 0 saturated heterocycles. The summed E-state index contributed by atoms with van der Waals surface area (Å²) in [7, 11) is -5.99. The Balaban J connectivity index is 2.30. The van der Waals surface area contributed by atoms with Crippen molar-refractivity contribution in [3.8, 4) is 5.75 Å². The summed E-state index contributed by atoms with van der Waals surface area (Å²) in [6, 6.07) is 11.0. The molecule has 0 N–H and O–H groups in total. The Hall–Kier alpha value is -2.88. The van der Waals surface area contributed by atoms with Crippen LogP contribution in [0.15, 0.2) is 48.5 Å². The highest BCUT2D eigenvalue weighted by molar-refractivity contribution is 7.88. The minimum Gasteiger partial charge on any atom is -0.457 e. The molecular formula is C16H11F3O6S. The standard InChI is InChI=1S/C16H11F3O6S/c17-16(18,19)26(22,23)25-14-7-6-12(9-20)8-13(14)15(21)24-10-11-4-2-1-3-5-11/h1-9H,10H2. The molecule has 0 aliphatic heterocycles. The summed E-state index contributed by atoms with van der Waals surface area (Å²) in [5, 5.41) is 0. The topological polar surface area (TPSA) is 86.7 Å². The van der Waals surface area contributed by atoms with Gasteiger partial charge in [-0.05, 0) is 23.8 Å². The zero-order chi connectivity index (χ0) is 19.4. The minimum atomic E-state index is -5.99. The Morgan fingerprint density at radius 2 is 1.73 bits per heavy atom. The summed E-state index contributed by atoms with van der Waals surface area (Å²) < 4.78 is 68.7. The third kappa shape index (κ3) is 4.60. The Kier molecular flexibility index (Phi) is 5.66. The highest BCUT2D eigenvalue weighted by Gasteiger charge is 2.49. The van der Waals surface area contributed by atoms with Crippen molar-refractivity contribution in [1.29, 1.82) is 0 Å². The third-order valence-corrected chi connectivity index (χ3v) is 4.02. The normalized spacial score (nSPS) is 11.7. The minimum absolute atomic E-state index is 0.0755. The van der Waals surface area contributed by atoms with E-state index in [1.807, 2.05) is 0 Å². The molecule has 26 heavy (non-hydrogen) atoms. The lowest BCUT2D eigenvalue weighted by Crippen LogP contribution is -2.28. The molecule has 0 unspecified atom stereocenters. The van der Waals surface area contributed by atoms with Crippen molar-refractivity contribution in [3.05, 3.63) is 65.2 Å². The van der Waals surface area contributed by atoms with Crippen LogP contribution in [0.4, 0.5) is 13.2 Å². The Bertz CT molecular complexity index is 907. The van der Waals surface area contributed by atoms with Gasteiger partial charge in [-0.1, -0.05) is 30.3 Å². The number of carbonyl (C=O) groups excluding carboxylic acids is 2. The lowest BCUT2D eigenvalue weighted by molar-refractivity contribution is -0.0500. The van der Waals surface area contributed by atoms with Gasteiger partial charge in [0.25, 0.3) is 0 Å². The number of halogens is 3. The summed E-state index contributed by atoms with van der Waals surface area (Å²) in [6.07, 6.45) is 0.329. The first-order valence-corrected chi connectivity index (χ1v) is 8.36. The smallest absolute Gasteiger partial charge is 0.457 e. The lowest BCUT2D eigenvalue weighted by Gasteiger charge is -2.13. The first-order chi connectivity index (χ1) is 12.1. The predicted octanol–water partition coefficient (Wildman–Crippen LogP) is 3.08. The highest BCUT2D eigenvalue weighted by Crippen LogP contribution is 2.30. The number of aldehydes is 1. The second-order valence-electron chi connectivity index (χ2n) is 4.92. The zero-order valence-electron chi connectivity index (χ0n) is 12.9. The monoisotopic (exact) mass is 388 g/mol. The van der Waals surface area contributed by atoms with Gasteiger partial charge in [-0.15, -0.1) is 0 Å². The van der Waals surface area contributed by atoms with Gasteiger partial charge >= 0.3 is 21.6 Å². The number of benzene rings is 2. The fourth-order valence-electron chi connectivity index (χ4n) is 1.82. The molecule has 2 aromatic rings. The van der Waals surface area contributed by atoms with Crippen LogP contribution in [-0.2, 0) is 21.5 Å². The molecule has 0 amide bonds. The van der Waals surface area contributed by atoms with Crippen molar-refractivity contribution in [1.82, 2.24) is 0 Å². The van der Waals surface area contributed by atoms with Gasteiger partial charge in [0.2, 0.25) is 0 Å². The SMILES string of the molecule is O=Cc1ccc(OS(=O)(=O)C(F)(F)F)c(C(=O)OCc2ccccc2)c1. The van der Waals surface area contributed by atoms with Gasteiger partial charge in [0.1, 0.15) is 18.5 Å². The highest BCUT2D eigenvalue weighted by atomic mass is 32.2. The molecule has 0 spiro atoms. The summed E-state index contributed by atoms with van der Waals surface area (Å²) >= 11 is 0. The van der Waals surface area contributed by atoms with Gasteiger partial charge in [0, 0.05) is 5.56 Å². The molecule has 0 heterocycles. The van der Waals surface area contributed by atoms with Gasteiger partial charge < -0.3 is 8.92 Å². The first kappa shape index (κ1) is 19.4. The summed E-state index contributed by atoms with van der Waals surface area (Å²) in [4.78, 5) is 23.0. The van der Waals surface area contributed by atoms with Crippen molar-refractivity contribution in [2.24, 2.45) is 0 Å². The molecule has 0 saturated carbocycles. The quantitative estimate of drug-likeness (QED) is 0.327. The van der Waals surface area contributed by atoms with E-state index in [-0.39, 0.29) is 12.2 Å². The number of carbonyl (C=O) groups is 2. The molecule has 2 rings (SSSR count). The van der Waals surface area contributed by atoms with Gasteiger partial charge in [-0.2, -0.15) is 21.6 Å². The van der Waals surface area contributed by atoms with E-state index in [0.29, 0.717) is 11.8 Å². The molecule has 0 fully saturated rings. The molecule has 0 radical (unpaired) electrons. The van der Waals surface area contributed by atoms with Crippen LogP contribution in [0.5, 0.6) is 5.75 Å². The van der Waals surface area contributed by atoms with Crippen molar-refractivity contribution in [3.63, 3.8) is 0 Å². The third-order valence-electron chi connectivity index (χ3n) is 3.06. The number of esters is 1. The largest absolute Gasteiger partial charge is 0.534 e. The van der Waals surface area contributed by atoms with Crippen LogP contribution in [0.3, 0.4) is 0 Å². The Morgan fingerprint density at radius 1 is 1.08 bits per heavy atom. The molecule has 138 valence electrons. The van der Waals surface area contributed by atoms with Crippen LogP contribution < -0.4 is 4.18 Å². The van der Waals surface area contributed by atoms with Gasteiger partial charge in [0.15, 0.2) is 5.75 Å². The van der Waals surface area contributed by atoms with Crippen LogP contribution in [0, 0.1) is 0 Å². The van der Waals surface area contributed by atoms with Gasteiger partial charge in [-0.3, -0.25) is 4.79 Å². The summed E-state index contributed by atoms with van der Waals surface area (Å²) in [6.45, 7) is -0.212. The average molecular weight is 388 g/mol. The van der Waals surface area contributed by atoms with E-state index >= 15 is 0 Å². The van der Waals surface area contributed by atoms with E-state index in [1.54, 1.807) is 30.3 Å². The van der Waals surface area contributed by atoms with Crippen LogP contribution in [0.25, 0.3) is 0 Å². The lowest BCUT2D eigenvalue weighted by atomic mass is 10.1. The van der Waals surface area contributed by atoms with E-state index in [4.69, 9.17) is 4.74 Å². The second-order valence-corrected chi connectivity index (χ2v) is 6.46. The molecule has 0 atom stereocenters. The maximum absolute atomic E-state index is 12.5. The van der Waals surface area contributed by atoms with Gasteiger partial charge in [-0.25, -0.2) is 4.79 Å². The molecule has 2 aromatic carbocycles. The van der Waals surface area contributed by atoms with Gasteiger partial charge in [0.05, 0.1) is 0 Å². The first-order valence-electron chi connectivity index (χ1n) is 6.95. The zero-order valence-corrected chi connectivity index (χ0v) is 13.7. The number of alkyl halides is 3. The van der Waals surface area contributed by atoms with E-state index < -0.39 is 32.9 Å². The summed E-state index contributed by atoms with van der Waals surface area (Å²) in [5.74, 6) is -2.05. The second kappa shape index (κ2) is 7.56. The fourth-order valence-corrected chi connectivity index (χ4v) is 2.30. The predicted molar refractivity (Wildman–Crippen MR) is 83.0 cm³/mol. The number of hydrogen-bond acceptors (Lipinski definition) is 6. The van der Waals surface area contributed by atoms with Crippen molar-refractivity contribution in [2.75, 3.05) is 0 Å². The average Bonchev–Trinajstić information content (AvgIpc) is 2.59. The van der Waals surface area contributed by atoms with E-state index in [0.717, 1.165) is 18.2 Å². The number of ether oxygens (including phenoxy) is 1. The number of hydrogen-bond donors (Lipinski definition) is 0. The van der Waals surface area contributed by atoms with Crippen LogP contribution >= 0.6 is 0 Å². The fraction of sp³-hybridized carbons (Fsp3) is 0.125. The molecule has 0 aliphatic rings. The molecule has 0 aromatic heterocycles. The van der Waals surface area contributed by atoms with Crippen molar-refractivity contribution in [2.45, 2.75) is 12.1 Å².